The Bertz CT molecular complexity index is 1100. The minimum atomic E-state index is -4.79. The number of allylic oxidation sites excluding steroid dienone is 1. The molecule has 3 aromatic rings. The fourth-order valence-electron chi connectivity index (χ4n) is 3.38. The fraction of sp³-hybridized carbons (Fsp3) is 0.174. The summed E-state index contributed by atoms with van der Waals surface area (Å²) in [6.45, 7) is 0. The van der Waals surface area contributed by atoms with Crippen LogP contribution in [0.15, 0.2) is 81.3 Å². The molecule has 0 bridgehead atoms. The highest BCUT2D eigenvalue weighted by molar-refractivity contribution is 6.33. The van der Waals surface area contributed by atoms with Gasteiger partial charge in [0.25, 0.3) is 0 Å². The lowest BCUT2D eigenvalue weighted by atomic mass is 10.0. The lowest BCUT2D eigenvalue weighted by Gasteiger charge is -2.11. The van der Waals surface area contributed by atoms with Gasteiger partial charge >= 0.3 is 6.36 Å². The predicted molar refractivity (Wildman–Crippen MR) is 110 cm³/mol. The van der Waals surface area contributed by atoms with Crippen LogP contribution in [0.3, 0.4) is 0 Å². The summed E-state index contributed by atoms with van der Waals surface area (Å²) in [7, 11) is 0. The molecule has 0 N–H and O–H groups in total. The van der Waals surface area contributed by atoms with Gasteiger partial charge in [-0.25, -0.2) is 4.99 Å². The van der Waals surface area contributed by atoms with Gasteiger partial charge in [-0.05, 0) is 54.7 Å². The van der Waals surface area contributed by atoms with E-state index >= 15 is 0 Å². The minimum Gasteiger partial charge on any atom is -0.455 e. The number of hydrogen-bond donors (Lipinski definition) is 0. The second-order valence-electron chi connectivity index (χ2n) is 6.76. The SMILES string of the molecule is FC(F)(F)Oc1ccccc1-c1ccc(C2=NC(Cl)=C(c3ccccc3)CCC2)o1. The first-order valence-corrected chi connectivity index (χ1v) is 9.75. The molecule has 1 aliphatic heterocycles. The second kappa shape index (κ2) is 8.40. The smallest absolute Gasteiger partial charge is 0.455 e. The van der Waals surface area contributed by atoms with Crippen molar-refractivity contribution in [3.8, 4) is 17.1 Å². The molecule has 7 heteroatoms. The molecule has 154 valence electrons. The summed E-state index contributed by atoms with van der Waals surface area (Å²) in [5, 5.41) is 0.396. The molecule has 0 saturated carbocycles. The first-order chi connectivity index (χ1) is 14.4. The molecule has 1 aliphatic rings. The topological polar surface area (TPSA) is 34.7 Å². The zero-order valence-corrected chi connectivity index (χ0v) is 16.5. The van der Waals surface area contributed by atoms with Gasteiger partial charge < -0.3 is 9.15 Å². The fourth-order valence-corrected chi connectivity index (χ4v) is 3.69. The number of furan rings is 1. The molecule has 0 spiro atoms. The van der Waals surface area contributed by atoms with Gasteiger partial charge in [0, 0.05) is 0 Å². The highest BCUT2D eigenvalue weighted by Crippen LogP contribution is 2.36. The van der Waals surface area contributed by atoms with Crippen LogP contribution >= 0.6 is 11.6 Å². The lowest BCUT2D eigenvalue weighted by Crippen LogP contribution is -2.17. The van der Waals surface area contributed by atoms with E-state index in [1.165, 1.54) is 18.2 Å². The molecular formula is C23H17ClF3NO2. The van der Waals surface area contributed by atoms with E-state index in [1.807, 2.05) is 30.3 Å². The van der Waals surface area contributed by atoms with E-state index in [1.54, 1.807) is 18.2 Å². The van der Waals surface area contributed by atoms with Crippen LogP contribution in [0.4, 0.5) is 13.2 Å². The Labute approximate surface area is 176 Å². The van der Waals surface area contributed by atoms with E-state index in [0.29, 0.717) is 23.0 Å². The Hall–Kier alpha value is -2.99. The molecule has 1 aromatic heterocycles. The first kappa shape index (κ1) is 20.3. The Balaban J connectivity index is 1.66. The Morgan fingerprint density at radius 3 is 2.33 bits per heavy atom. The molecular weight excluding hydrogens is 415 g/mol. The van der Waals surface area contributed by atoms with Crippen molar-refractivity contribution in [2.24, 2.45) is 4.99 Å². The summed E-state index contributed by atoms with van der Waals surface area (Å²) < 4.78 is 48.1. The highest BCUT2D eigenvalue weighted by Gasteiger charge is 2.32. The number of rotatable bonds is 4. The number of nitrogens with zero attached hydrogens (tertiary/aromatic N) is 1. The molecule has 3 nitrogen and oxygen atoms in total. The predicted octanol–water partition coefficient (Wildman–Crippen LogP) is 7.43. The number of ether oxygens (including phenoxy) is 1. The van der Waals surface area contributed by atoms with Crippen LogP contribution in [0.1, 0.15) is 30.6 Å². The Morgan fingerprint density at radius 1 is 0.867 bits per heavy atom. The zero-order chi connectivity index (χ0) is 21.1. The molecule has 0 aliphatic carbocycles. The summed E-state index contributed by atoms with van der Waals surface area (Å²) in [5.41, 5.74) is 2.85. The van der Waals surface area contributed by atoms with Crippen molar-refractivity contribution in [2.75, 3.05) is 0 Å². The average Bonchev–Trinajstić information content (AvgIpc) is 3.11. The maximum Gasteiger partial charge on any atom is 0.573 e. The largest absolute Gasteiger partial charge is 0.573 e. The summed E-state index contributed by atoms with van der Waals surface area (Å²) >= 11 is 6.49. The van der Waals surface area contributed by atoms with Crippen molar-refractivity contribution >= 4 is 22.9 Å². The van der Waals surface area contributed by atoms with Crippen molar-refractivity contribution in [3.63, 3.8) is 0 Å². The number of alkyl halides is 3. The van der Waals surface area contributed by atoms with E-state index in [-0.39, 0.29) is 17.1 Å². The van der Waals surface area contributed by atoms with Crippen LogP contribution in [0.25, 0.3) is 16.9 Å². The molecule has 0 radical (unpaired) electrons. The number of hydrogen-bond acceptors (Lipinski definition) is 3. The number of halogens is 4. The van der Waals surface area contributed by atoms with E-state index in [4.69, 9.17) is 16.0 Å². The van der Waals surface area contributed by atoms with Crippen molar-refractivity contribution in [1.82, 2.24) is 0 Å². The summed E-state index contributed by atoms with van der Waals surface area (Å²) in [6.07, 6.45) is -2.56. The number of aliphatic imine (C=N–C) groups is 1. The molecule has 30 heavy (non-hydrogen) atoms. The van der Waals surface area contributed by atoms with Crippen molar-refractivity contribution in [3.05, 3.63) is 83.2 Å². The third-order valence-electron chi connectivity index (χ3n) is 4.71. The van der Waals surface area contributed by atoms with Crippen molar-refractivity contribution in [2.45, 2.75) is 25.6 Å². The average molecular weight is 432 g/mol. The first-order valence-electron chi connectivity index (χ1n) is 9.38. The molecule has 0 amide bonds. The molecule has 0 atom stereocenters. The van der Waals surface area contributed by atoms with Crippen LogP contribution in [0.2, 0.25) is 0 Å². The highest BCUT2D eigenvalue weighted by atomic mass is 35.5. The maximum atomic E-state index is 12.7. The Morgan fingerprint density at radius 2 is 1.57 bits per heavy atom. The van der Waals surface area contributed by atoms with Gasteiger partial charge in [-0.2, -0.15) is 0 Å². The van der Waals surface area contributed by atoms with Gasteiger partial charge in [0.15, 0.2) is 0 Å². The van der Waals surface area contributed by atoms with E-state index in [9.17, 15) is 13.2 Å². The molecule has 2 heterocycles. The van der Waals surface area contributed by atoms with Crippen LogP contribution in [-0.2, 0) is 0 Å². The zero-order valence-electron chi connectivity index (χ0n) is 15.7. The Kier molecular flexibility index (Phi) is 5.68. The van der Waals surface area contributed by atoms with Gasteiger partial charge in [0.05, 0.1) is 11.3 Å². The summed E-state index contributed by atoms with van der Waals surface area (Å²) in [6, 6.07) is 19.0. The van der Waals surface area contributed by atoms with Gasteiger partial charge in [-0.15, -0.1) is 13.2 Å². The van der Waals surface area contributed by atoms with Crippen molar-refractivity contribution in [1.29, 1.82) is 0 Å². The molecule has 2 aromatic carbocycles. The normalized spacial score (nSPS) is 15.0. The third-order valence-corrected chi connectivity index (χ3v) is 5.03. The monoisotopic (exact) mass is 431 g/mol. The molecule has 4 rings (SSSR count). The van der Waals surface area contributed by atoms with Crippen LogP contribution < -0.4 is 4.74 Å². The standard InChI is InChI=1S/C23H17ClF3NO2/c24-22-16(15-7-2-1-3-8-15)10-6-11-18(28-22)21-14-13-19(29-21)17-9-4-5-12-20(17)30-23(25,26)27/h1-5,7-9,12-14H,6,10-11H2. The molecule has 0 fully saturated rings. The van der Waals surface area contributed by atoms with Crippen LogP contribution in [0.5, 0.6) is 5.75 Å². The second-order valence-corrected chi connectivity index (χ2v) is 7.11. The van der Waals surface area contributed by atoms with Gasteiger partial charge in [-0.3, -0.25) is 0 Å². The van der Waals surface area contributed by atoms with Crippen LogP contribution in [0, 0.1) is 0 Å². The minimum absolute atomic E-state index is 0.210. The third kappa shape index (κ3) is 4.60. The van der Waals surface area contributed by atoms with E-state index in [2.05, 4.69) is 9.73 Å². The summed E-state index contributed by atoms with van der Waals surface area (Å²) in [4.78, 5) is 4.55. The van der Waals surface area contributed by atoms with Crippen LogP contribution in [-0.4, -0.2) is 12.1 Å². The number of benzene rings is 2. The van der Waals surface area contributed by atoms with Gasteiger partial charge in [0.2, 0.25) is 0 Å². The van der Waals surface area contributed by atoms with E-state index < -0.39 is 6.36 Å². The lowest BCUT2D eigenvalue weighted by molar-refractivity contribution is -0.274. The quantitative estimate of drug-likeness (QED) is 0.403. The molecule has 0 saturated heterocycles. The number of para-hydroxylation sites is 1. The summed E-state index contributed by atoms with van der Waals surface area (Å²) in [5.74, 6) is 0.414. The maximum absolute atomic E-state index is 12.7. The molecule has 0 unspecified atom stereocenters. The van der Waals surface area contributed by atoms with Gasteiger partial charge in [0.1, 0.15) is 22.4 Å². The van der Waals surface area contributed by atoms with E-state index in [0.717, 1.165) is 24.0 Å². The van der Waals surface area contributed by atoms with Crippen molar-refractivity contribution < 1.29 is 22.3 Å². The van der Waals surface area contributed by atoms with Gasteiger partial charge in [-0.1, -0.05) is 54.1 Å².